The van der Waals surface area contributed by atoms with E-state index in [1.165, 1.54) is 30.5 Å². The van der Waals surface area contributed by atoms with Gasteiger partial charge in [-0.05, 0) is 35.9 Å². The predicted octanol–water partition coefficient (Wildman–Crippen LogP) is 3.33. The second-order valence-electron chi connectivity index (χ2n) is 6.66. The molecule has 1 aromatic heterocycles. The van der Waals surface area contributed by atoms with Crippen LogP contribution in [0.2, 0.25) is 5.02 Å². The third-order valence-electron chi connectivity index (χ3n) is 4.34. The highest BCUT2D eigenvalue weighted by molar-refractivity contribution is 6.32. The van der Waals surface area contributed by atoms with Crippen molar-refractivity contribution >= 4 is 35.1 Å². The molecule has 2 N–H and O–H groups in total. The maximum absolute atomic E-state index is 12.6. The molecule has 8 nitrogen and oxygen atoms in total. The average Bonchev–Trinajstić information content (AvgIpc) is 3.33. The molecule has 0 aliphatic heterocycles. The number of carbonyl (C=O) groups is 3. The standard InChI is InChI=1S/C23H18ClN3O5/c24-18-12-17(9-8-16(18)13-25)26-21(28)14-32-23(30)19(11-15-5-2-1-3-6-15)27-22(29)20-7-4-10-31-20/h1-10,12,19H,11,14H2,(H,26,28)(H,27,29). The summed E-state index contributed by atoms with van der Waals surface area (Å²) >= 11 is 5.94. The molecule has 1 heterocycles. The summed E-state index contributed by atoms with van der Waals surface area (Å²) in [7, 11) is 0. The number of ether oxygens (including phenoxy) is 1. The molecule has 1 atom stereocenters. The van der Waals surface area contributed by atoms with Crippen molar-refractivity contribution in [3.63, 3.8) is 0 Å². The van der Waals surface area contributed by atoms with Gasteiger partial charge < -0.3 is 19.8 Å². The van der Waals surface area contributed by atoms with Crippen LogP contribution in [0.3, 0.4) is 0 Å². The second-order valence-corrected chi connectivity index (χ2v) is 7.06. The normalized spacial score (nSPS) is 11.1. The van der Waals surface area contributed by atoms with Gasteiger partial charge in [0.05, 0.1) is 16.8 Å². The molecule has 1 unspecified atom stereocenters. The first kappa shape index (κ1) is 22.6. The topological polar surface area (TPSA) is 121 Å². The number of amides is 2. The number of halogens is 1. The van der Waals surface area contributed by atoms with Crippen LogP contribution in [0.25, 0.3) is 0 Å². The lowest BCUT2D eigenvalue weighted by atomic mass is 10.1. The Balaban J connectivity index is 1.62. The highest BCUT2D eigenvalue weighted by atomic mass is 35.5. The van der Waals surface area contributed by atoms with Crippen LogP contribution < -0.4 is 10.6 Å². The molecule has 3 aromatic rings. The highest BCUT2D eigenvalue weighted by Crippen LogP contribution is 2.20. The maximum Gasteiger partial charge on any atom is 0.329 e. The number of esters is 1. The van der Waals surface area contributed by atoms with Crippen molar-refractivity contribution < 1.29 is 23.5 Å². The van der Waals surface area contributed by atoms with Crippen molar-refractivity contribution in [3.05, 3.63) is 88.8 Å². The zero-order valence-corrected chi connectivity index (χ0v) is 17.5. The second kappa shape index (κ2) is 10.8. The van der Waals surface area contributed by atoms with E-state index in [1.54, 1.807) is 18.2 Å². The molecule has 32 heavy (non-hydrogen) atoms. The summed E-state index contributed by atoms with van der Waals surface area (Å²) in [5.74, 6) is -1.91. The van der Waals surface area contributed by atoms with Crippen molar-refractivity contribution in [2.24, 2.45) is 0 Å². The third kappa shape index (κ3) is 6.20. The average molecular weight is 452 g/mol. The minimum Gasteiger partial charge on any atom is -0.459 e. The van der Waals surface area contributed by atoms with E-state index < -0.39 is 30.4 Å². The van der Waals surface area contributed by atoms with Crippen molar-refractivity contribution in [1.82, 2.24) is 5.32 Å². The molecular weight excluding hydrogens is 434 g/mol. The monoisotopic (exact) mass is 451 g/mol. The molecule has 0 fully saturated rings. The number of anilines is 1. The molecule has 0 aliphatic rings. The maximum atomic E-state index is 12.6. The largest absolute Gasteiger partial charge is 0.459 e. The molecule has 162 valence electrons. The Morgan fingerprint density at radius 2 is 1.88 bits per heavy atom. The van der Waals surface area contributed by atoms with Crippen LogP contribution >= 0.6 is 11.6 Å². The molecule has 2 amide bonds. The van der Waals surface area contributed by atoms with E-state index in [-0.39, 0.29) is 22.8 Å². The van der Waals surface area contributed by atoms with E-state index in [0.29, 0.717) is 5.69 Å². The highest BCUT2D eigenvalue weighted by Gasteiger charge is 2.25. The quantitative estimate of drug-likeness (QED) is 0.506. The van der Waals surface area contributed by atoms with Crippen LogP contribution in [-0.4, -0.2) is 30.4 Å². The molecule has 3 rings (SSSR count). The number of nitrogens with zero attached hydrogens (tertiary/aromatic N) is 1. The molecule has 9 heteroatoms. The van der Waals surface area contributed by atoms with Crippen LogP contribution in [0.1, 0.15) is 21.7 Å². The van der Waals surface area contributed by atoms with Crippen LogP contribution in [0.4, 0.5) is 5.69 Å². The zero-order valence-electron chi connectivity index (χ0n) is 16.7. The first-order valence-corrected chi connectivity index (χ1v) is 9.88. The summed E-state index contributed by atoms with van der Waals surface area (Å²) in [6.45, 7) is -0.571. The molecule has 0 saturated heterocycles. The van der Waals surface area contributed by atoms with Gasteiger partial charge >= 0.3 is 5.97 Å². The Kier molecular flexibility index (Phi) is 7.62. The number of hydrogen-bond donors (Lipinski definition) is 2. The van der Waals surface area contributed by atoms with Crippen molar-refractivity contribution in [2.45, 2.75) is 12.5 Å². The molecule has 0 spiro atoms. The first-order chi connectivity index (χ1) is 15.5. The van der Waals surface area contributed by atoms with Crippen molar-refractivity contribution in [3.8, 4) is 6.07 Å². The van der Waals surface area contributed by atoms with Gasteiger partial charge in [-0.1, -0.05) is 41.9 Å². The minimum absolute atomic E-state index is 0.0475. The number of nitrogens with one attached hydrogen (secondary N) is 2. The molecule has 0 bridgehead atoms. The van der Waals surface area contributed by atoms with E-state index in [1.807, 2.05) is 24.3 Å². The van der Waals surface area contributed by atoms with Gasteiger partial charge in [0, 0.05) is 12.1 Å². The number of hydrogen-bond acceptors (Lipinski definition) is 6. The lowest BCUT2D eigenvalue weighted by molar-refractivity contribution is -0.149. The predicted molar refractivity (Wildman–Crippen MR) is 116 cm³/mol. The first-order valence-electron chi connectivity index (χ1n) is 9.50. The number of benzene rings is 2. The fourth-order valence-corrected chi connectivity index (χ4v) is 3.02. The van der Waals surface area contributed by atoms with Gasteiger partial charge in [-0.25, -0.2) is 4.79 Å². The summed E-state index contributed by atoms with van der Waals surface area (Å²) in [6.07, 6.45) is 1.51. The van der Waals surface area contributed by atoms with Gasteiger partial charge in [0.2, 0.25) is 0 Å². The van der Waals surface area contributed by atoms with Gasteiger partial charge in [0.25, 0.3) is 11.8 Å². The lowest BCUT2D eigenvalue weighted by Crippen LogP contribution is -2.44. The summed E-state index contributed by atoms with van der Waals surface area (Å²) in [5.41, 5.74) is 1.42. The Labute approximate surface area is 188 Å². The van der Waals surface area contributed by atoms with Gasteiger partial charge in [-0.3, -0.25) is 9.59 Å². The van der Waals surface area contributed by atoms with Gasteiger partial charge in [0.1, 0.15) is 12.1 Å². The van der Waals surface area contributed by atoms with Crippen LogP contribution in [0.5, 0.6) is 0 Å². The van der Waals surface area contributed by atoms with E-state index >= 15 is 0 Å². The molecular formula is C23H18ClN3O5. The number of carbonyl (C=O) groups excluding carboxylic acids is 3. The van der Waals surface area contributed by atoms with Crippen LogP contribution in [-0.2, 0) is 20.7 Å². The molecule has 0 aliphatic carbocycles. The summed E-state index contributed by atoms with van der Waals surface area (Å²) in [5, 5.41) is 14.2. The molecule has 0 saturated carbocycles. The Morgan fingerprint density at radius 3 is 2.53 bits per heavy atom. The minimum atomic E-state index is -1.04. The molecule has 0 radical (unpaired) electrons. The van der Waals surface area contributed by atoms with Gasteiger partial charge in [0.15, 0.2) is 12.4 Å². The van der Waals surface area contributed by atoms with E-state index in [4.69, 9.17) is 26.0 Å². The number of rotatable bonds is 8. The number of nitriles is 1. The SMILES string of the molecule is N#Cc1ccc(NC(=O)COC(=O)C(Cc2ccccc2)NC(=O)c2ccco2)cc1Cl. The molecule has 2 aromatic carbocycles. The Morgan fingerprint density at radius 1 is 1.09 bits per heavy atom. The van der Waals surface area contributed by atoms with E-state index in [9.17, 15) is 14.4 Å². The van der Waals surface area contributed by atoms with Gasteiger partial charge in [-0.2, -0.15) is 5.26 Å². The fraction of sp³-hybridized carbons (Fsp3) is 0.130. The lowest BCUT2D eigenvalue weighted by Gasteiger charge is -2.17. The smallest absolute Gasteiger partial charge is 0.329 e. The Hall–Kier alpha value is -4.09. The zero-order chi connectivity index (χ0) is 22.9. The van der Waals surface area contributed by atoms with Crippen molar-refractivity contribution in [2.75, 3.05) is 11.9 Å². The van der Waals surface area contributed by atoms with Gasteiger partial charge in [-0.15, -0.1) is 0 Å². The van der Waals surface area contributed by atoms with E-state index in [2.05, 4.69) is 10.6 Å². The third-order valence-corrected chi connectivity index (χ3v) is 4.65. The Bertz CT molecular complexity index is 1140. The summed E-state index contributed by atoms with van der Waals surface area (Å²) in [6, 6.07) is 17.4. The number of furan rings is 1. The summed E-state index contributed by atoms with van der Waals surface area (Å²) < 4.78 is 10.2. The summed E-state index contributed by atoms with van der Waals surface area (Å²) in [4.78, 5) is 37.2. The van der Waals surface area contributed by atoms with E-state index in [0.717, 1.165) is 5.56 Å². The fourth-order valence-electron chi connectivity index (χ4n) is 2.80. The van der Waals surface area contributed by atoms with Crippen LogP contribution in [0, 0.1) is 11.3 Å². The van der Waals surface area contributed by atoms with Crippen molar-refractivity contribution in [1.29, 1.82) is 5.26 Å². The van der Waals surface area contributed by atoms with Crippen LogP contribution in [0.15, 0.2) is 71.3 Å².